The SMILES string of the molecule is c1ccc(-c2nc3ccc(-c4cccc(-n5c6ccccc6c6c5ccc5c7c8ccccc8ccc7n(-c7ccccc7)c56)c4)cc3nc2-c2ccccc2)cc1. The largest absolute Gasteiger partial charge is 0.309 e. The van der Waals surface area contributed by atoms with Crippen molar-refractivity contribution in [1.29, 1.82) is 0 Å². The van der Waals surface area contributed by atoms with E-state index in [1.54, 1.807) is 0 Å². The van der Waals surface area contributed by atoms with Gasteiger partial charge in [0.1, 0.15) is 0 Å². The molecule has 3 aromatic heterocycles. The Bertz CT molecular complexity index is 3550. The lowest BCUT2D eigenvalue weighted by atomic mass is 10.0. The molecule has 0 aliphatic heterocycles. The summed E-state index contributed by atoms with van der Waals surface area (Å²) in [5, 5.41) is 7.51. The molecular formula is C54H34N4. The van der Waals surface area contributed by atoms with Crippen molar-refractivity contribution in [3.63, 3.8) is 0 Å². The maximum absolute atomic E-state index is 5.29. The first-order chi connectivity index (χ1) is 28.8. The molecule has 0 unspecified atom stereocenters. The van der Waals surface area contributed by atoms with Gasteiger partial charge in [-0.3, -0.25) is 0 Å². The Balaban J connectivity index is 1.08. The van der Waals surface area contributed by atoms with Gasteiger partial charge in [0.2, 0.25) is 0 Å². The summed E-state index contributed by atoms with van der Waals surface area (Å²) in [5.41, 5.74) is 14.8. The van der Waals surface area contributed by atoms with Gasteiger partial charge >= 0.3 is 0 Å². The molecule has 0 radical (unpaired) electrons. The molecular weight excluding hydrogens is 705 g/mol. The van der Waals surface area contributed by atoms with Gasteiger partial charge in [-0.05, 0) is 76.5 Å². The van der Waals surface area contributed by atoms with Gasteiger partial charge in [0.05, 0.1) is 44.5 Å². The van der Waals surface area contributed by atoms with E-state index in [2.05, 4.69) is 203 Å². The number of aromatic nitrogens is 4. The zero-order valence-corrected chi connectivity index (χ0v) is 31.4. The van der Waals surface area contributed by atoms with Crippen molar-refractivity contribution in [2.45, 2.75) is 0 Å². The molecule has 270 valence electrons. The molecule has 0 N–H and O–H groups in total. The van der Waals surface area contributed by atoms with Crippen LogP contribution in [-0.4, -0.2) is 19.1 Å². The van der Waals surface area contributed by atoms with E-state index in [9.17, 15) is 0 Å². The number of rotatable bonds is 5. The third kappa shape index (κ3) is 4.95. The number of nitrogens with zero attached hydrogens (tertiary/aromatic N) is 4. The van der Waals surface area contributed by atoms with Gasteiger partial charge in [-0.1, -0.05) is 152 Å². The number of hydrogen-bond acceptors (Lipinski definition) is 2. The Labute approximate surface area is 334 Å². The van der Waals surface area contributed by atoms with Crippen molar-refractivity contribution in [2.75, 3.05) is 0 Å². The Hall–Kier alpha value is -7.82. The molecule has 9 aromatic carbocycles. The smallest absolute Gasteiger partial charge is 0.0973 e. The highest BCUT2D eigenvalue weighted by Gasteiger charge is 2.22. The van der Waals surface area contributed by atoms with Crippen LogP contribution in [0.5, 0.6) is 0 Å². The minimum Gasteiger partial charge on any atom is -0.309 e. The zero-order valence-electron chi connectivity index (χ0n) is 31.4. The first kappa shape index (κ1) is 32.4. The molecule has 12 rings (SSSR count). The summed E-state index contributed by atoms with van der Waals surface area (Å²) in [6.07, 6.45) is 0. The highest BCUT2D eigenvalue weighted by atomic mass is 15.0. The van der Waals surface area contributed by atoms with Gasteiger partial charge in [0.25, 0.3) is 0 Å². The molecule has 0 saturated heterocycles. The fourth-order valence-corrected chi connectivity index (χ4v) is 9.10. The van der Waals surface area contributed by atoms with E-state index in [4.69, 9.17) is 9.97 Å². The highest BCUT2D eigenvalue weighted by Crippen LogP contribution is 2.44. The van der Waals surface area contributed by atoms with Crippen molar-refractivity contribution < 1.29 is 0 Å². The summed E-state index contributed by atoms with van der Waals surface area (Å²) in [4.78, 5) is 10.5. The molecule has 0 aliphatic rings. The Morgan fingerprint density at radius 3 is 1.67 bits per heavy atom. The van der Waals surface area contributed by atoms with Crippen molar-refractivity contribution in [2.24, 2.45) is 0 Å². The van der Waals surface area contributed by atoms with Crippen LogP contribution in [0.2, 0.25) is 0 Å². The lowest BCUT2D eigenvalue weighted by molar-refractivity contribution is 1.17. The van der Waals surface area contributed by atoms with Gasteiger partial charge in [0.15, 0.2) is 0 Å². The highest BCUT2D eigenvalue weighted by molar-refractivity contribution is 6.30. The van der Waals surface area contributed by atoms with E-state index in [0.29, 0.717) is 0 Å². The quantitative estimate of drug-likeness (QED) is 0.176. The maximum Gasteiger partial charge on any atom is 0.0973 e. The minimum atomic E-state index is 0.863. The van der Waals surface area contributed by atoms with E-state index in [-0.39, 0.29) is 0 Å². The molecule has 0 spiro atoms. The fourth-order valence-electron chi connectivity index (χ4n) is 9.10. The molecule has 0 atom stereocenters. The van der Waals surface area contributed by atoms with Crippen LogP contribution in [0, 0.1) is 0 Å². The van der Waals surface area contributed by atoms with Gasteiger partial charge in [0, 0.05) is 44.0 Å². The van der Waals surface area contributed by atoms with Crippen molar-refractivity contribution in [1.82, 2.24) is 19.1 Å². The lowest BCUT2D eigenvalue weighted by Gasteiger charge is -2.13. The molecule has 0 fully saturated rings. The lowest BCUT2D eigenvalue weighted by Crippen LogP contribution is -1.96. The number of fused-ring (bicyclic) bond motifs is 10. The van der Waals surface area contributed by atoms with E-state index >= 15 is 0 Å². The predicted molar refractivity (Wildman–Crippen MR) is 242 cm³/mol. The standard InChI is InChI=1S/C54H34N4/c1-4-16-36(17-5-1)52-53(37-18-6-2-7-19-37)56-46-34-39(27-30-45(46)55-52)38-20-14-23-41(33-38)57-47-26-13-12-25-43(47)51-49(57)32-29-44-50-42-24-11-10-15-35(42)28-31-48(50)58(54(44)51)40-21-8-3-9-22-40/h1-34H. The average Bonchev–Trinajstić information content (AvgIpc) is 3.82. The molecule has 0 saturated carbocycles. The number of benzene rings is 9. The van der Waals surface area contributed by atoms with Gasteiger partial charge < -0.3 is 9.13 Å². The van der Waals surface area contributed by atoms with Gasteiger partial charge in [-0.2, -0.15) is 0 Å². The second kappa shape index (κ2) is 12.9. The van der Waals surface area contributed by atoms with Crippen molar-refractivity contribution >= 4 is 65.4 Å². The first-order valence-electron chi connectivity index (χ1n) is 19.8. The van der Waals surface area contributed by atoms with Crippen LogP contribution in [0.25, 0.3) is 110 Å². The maximum atomic E-state index is 5.29. The molecule has 12 aromatic rings. The number of para-hydroxylation sites is 2. The summed E-state index contributed by atoms with van der Waals surface area (Å²) in [7, 11) is 0. The fraction of sp³-hybridized carbons (Fsp3) is 0. The van der Waals surface area contributed by atoms with E-state index in [1.807, 2.05) is 12.1 Å². The third-order valence-electron chi connectivity index (χ3n) is 11.7. The van der Waals surface area contributed by atoms with Crippen LogP contribution in [0.3, 0.4) is 0 Å². The Morgan fingerprint density at radius 2 is 0.897 bits per heavy atom. The van der Waals surface area contributed by atoms with Crippen LogP contribution < -0.4 is 0 Å². The molecule has 0 aliphatic carbocycles. The van der Waals surface area contributed by atoms with Crippen molar-refractivity contribution in [3.8, 4) is 45.0 Å². The Kier molecular flexibility index (Phi) is 7.20. The monoisotopic (exact) mass is 738 g/mol. The Morgan fingerprint density at radius 1 is 0.310 bits per heavy atom. The molecule has 4 heteroatoms. The third-order valence-corrected chi connectivity index (χ3v) is 11.7. The topological polar surface area (TPSA) is 35.6 Å². The average molecular weight is 739 g/mol. The first-order valence-corrected chi connectivity index (χ1v) is 19.8. The van der Waals surface area contributed by atoms with Gasteiger partial charge in [-0.15, -0.1) is 0 Å². The van der Waals surface area contributed by atoms with Crippen LogP contribution in [0.4, 0.5) is 0 Å². The van der Waals surface area contributed by atoms with Crippen LogP contribution in [0.1, 0.15) is 0 Å². The summed E-state index contributed by atoms with van der Waals surface area (Å²) in [5.74, 6) is 0. The van der Waals surface area contributed by atoms with E-state index in [1.165, 1.54) is 54.4 Å². The molecule has 58 heavy (non-hydrogen) atoms. The van der Waals surface area contributed by atoms with Crippen LogP contribution >= 0.6 is 0 Å². The predicted octanol–water partition coefficient (Wildman–Crippen LogP) is 14.0. The summed E-state index contributed by atoms with van der Waals surface area (Å²) in [6.45, 7) is 0. The van der Waals surface area contributed by atoms with E-state index in [0.717, 1.165) is 56.0 Å². The summed E-state index contributed by atoms with van der Waals surface area (Å²) >= 11 is 0. The van der Waals surface area contributed by atoms with Crippen molar-refractivity contribution in [3.05, 3.63) is 206 Å². The zero-order chi connectivity index (χ0) is 38.2. The van der Waals surface area contributed by atoms with Gasteiger partial charge in [-0.25, -0.2) is 9.97 Å². The molecule has 0 bridgehead atoms. The van der Waals surface area contributed by atoms with Crippen LogP contribution in [0.15, 0.2) is 206 Å². The van der Waals surface area contributed by atoms with Crippen LogP contribution in [-0.2, 0) is 0 Å². The molecule has 3 heterocycles. The minimum absolute atomic E-state index is 0.863. The second-order valence-electron chi connectivity index (χ2n) is 15.0. The second-order valence-corrected chi connectivity index (χ2v) is 15.0. The normalized spacial score (nSPS) is 11.8. The number of hydrogen-bond donors (Lipinski definition) is 0. The molecule has 0 amide bonds. The molecule has 4 nitrogen and oxygen atoms in total. The summed E-state index contributed by atoms with van der Waals surface area (Å²) < 4.78 is 4.90. The van der Waals surface area contributed by atoms with E-state index < -0.39 is 0 Å². The summed E-state index contributed by atoms with van der Waals surface area (Å²) in [6, 6.07) is 73.6.